The van der Waals surface area contributed by atoms with Gasteiger partial charge in [0.15, 0.2) is 0 Å². The van der Waals surface area contributed by atoms with Crippen molar-refractivity contribution in [3.63, 3.8) is 0 Å². The zero-order valence-corrected chi connectivity index (χ0v) is 14.5. The van der Waals surface area contributed by atoms with E-state index in [9.17, 15) is 22.8 Å². The Morgan fingerprint density at radius 2 is 1.52 bits per heavy atom. The molecule has 0 spiro atoms. The van der Waals surface area contributed by atoms with E-state index in [-0.39, 0.29) is 11.5 Å². The SMILES string of the molecule is O=C(N[C@H](C(=O)N1CCCC1)c1ccccc1)c1ccc(C(F)(F)F)cc1. The summed E-state index contributed by atoms with van der Waals surface area (Å²) in [5, 5.41) is 2.67. The Hall–Kier alpha value is -2.83. The number of likely N-dealkylation sites (tertiary alicyclic amines) is 1. The zero-order chi connectivity index (χ0) is 19.4. The normalized spacial score (nSPS) is 15.4. The van der Waals surface area contributed by atoms with Gasteiger partial charge < -0.3 is 10.2 Å². The number of hydrogen-bond donors (Lipinski definition) is 1. The van der Waals surface area contributed by atoms with E-state index in [0.29, 0.717) is 18.7 Å². The molecule has 1 saturated heterocycles. The van der Waals surface area contributed by atoms with Crippen LogP contribution in [0.1, 0.15) is 40.4 Å². The monoisotopic (exact) mass is 376 g/mol. The summed E-state index contributed by atoms with van der Waals surface area (Å²) in [5.74, 6) is -0.802. The third-order valence-corrected chi connectivity index (χ3v) is 4.55. The minimum atomic E-state index is -4.46. The molecular weight excluding hydrogens is 357 g/mol. The molecule has 2 aromatic rings. The number of hydrogen-bond acceptors (Lipinski definition) is 2. The average Bonchev–Trinajstić information content (AvgIpc) is 3.20. The Kier molecular flexibility index (Phi) is 5.48. The molecule has 1 N–H and O–H groups in total. The summed E-state index contributed by atoms with van der Waals surface area (Å²) in [7, 11) is 0. The summed E-state index contributed by atoms with van der Waals surface area (Å²) in [6.45, 7) is 1.27. The second-order valence-electron chi connectivity index (χ2n) is 6.42. The lowest BCUT2D eigenvalue weighted by Gasteiger charge is -2.24. The highest BCUT2D eigenvalue weighted by Crippen LogP contribution is 2.29. The van der Waals surface area contributed by atoms with Gasteiger partial charge in [0.1, 0.15) is 6.04 Å². The highest BCUT2D eigenvalue weighted by Gasteiger charge is 2.31. The van der Waals surface area contributed by atoms with E-state index in [0.717, 1.165) is 37.1 Å². The van der Waals surface area contributed by atoms with Crippen LogP contribution in [0, 0.1) is 0 Å². The van der Waals surface area contributed by atoms with Crippen molar-refractivity contribution in [3.8, 4) is 0 Å². The van der Waals surface area contributed by atoms with Crippen LogP contribution in [0.3, 0.4) is 0 Å². The molecule has 0 aliphatic carbocycles. The van der Waals surface area contributed by atoms with E-state index in [1.807, 2.05) is 0 Å². The molecule has 0 saturated carbocycles. The quantitative estimate of drug-likeness (QED) is 0.883. The van der Waals surface area contributed by atoms with Crippen LogP contribution >= 0.6 is 0 Å². The van der Waals surface area contributed by atoms with Crippen molar-refractivity contribution in [2.75, 3.05) is 13.1 Å². The largest absolute Gasteiger partial charge is 0.416 e. The fourth-order valence-electron chi connectivity index (χ4n) is 3.08. The summed E-state index contributed by atoms with van der Waals surface area (Å²) < 4.78 is 38.0. The van der Waals surface area contributed by atoms with Gasteiger partial charge in [0, 0.05) is 18.7 Å². The van der Waals surface area contributed by atoms with E-state index in [2.05, 4.69) is 5.32 Å². The molecule has 0 bridgehead atoms. The second-order valence-corrected chi connectivity index (χ2v) is 6.42. The van der Waals surface area contributed by atoms with Crippen molar-refractivity contribution >= 4 is 11.8 Å². The molecule has 2 amide bonds. The van der Waals surface area contributed by atoms with Crippen molar-refractivity contribution < 1.29 is 22.8 Å². The first-order valence-corrected chi connectivity index (χ1v) is 8.68. The molecule has 2 aromatic carbocycles. The first kappa shape index (κ1) is 18.9. The van der Waals surface area contributed by atoms with Crippen molar-refractivity contribution in [1.29, 1.82) is 0 Å². The fraction of sp³-hybridized carbons (Fsp3) is 0.300. The molecule has 1 fully saturated rings. The summed E-state index contributed by atoms with van der Waals surface area (Å²) in [5.41, 5.74) is -0.125. The average molecular weight is 376 g/mol. The Morgan fingerprint density at radius 3 is 2.07 bits per heavy atom. The third-order valence-electron chi connectivity index (χ3n) is 4.55. The Balaban J connectivity index is 1.81. The van der Waals surface area contributed by atoms with Crippen LogP contribution in [0.5, 0.6) is 0 Å². The molecule has 7 heteroatoms. The van der Waals surface area contributed by atoms with Gasteiger partial charge in [0.25, 0.3) is 5.91 Å². The molecule has 142 valence electrons. The lowest BCUT2D eigenvalue weighted by atomic mass is 10.0. The number of halogens is 3. The maximum absolute atomic E-state index is 12.9. The highest BCUT2D eigenvalue weighted by molar-refractivity contribution is 5.98. The Morgan fingerprint density at radius 1 is 0.926 bits per heavy atom. The van der Waals surface area contributed by atoms with Crippen molar-refractivity contribution in [2.45, 2.75) is 25.1 Å². The molecule has 1 aliphatic rings. The molecule has 1 atom stereocenters. The highest BCUT2D eigenvalue weighted by atomic mass is 19.4. The van der Waals surface area contributed by atoms with Crippen LogP contribution in [0.15, 0.2) is 54.6 Å². The Labute approximate surface area is 155 Å². The predicted octanol–water partition coefficient (Wildman–Crippen LogP) is 3.80. The molecule has 0 aromatic heterocycles. The maximum Gasteiger partial charge on any atom is 0.416 e. The smallest absolute Gasteiger partial charge is 0.341 e. The number of alkyl halides is 3. The van der Waals surface area contributed by atoms with Crippen molar-refractivity contribution in [1.82, 2.24) is 10.2 Å². The number of carbonyl (C=O) groups is 2. The zero-order valence-electron chi connectivity index (χ0n) is 14.5. The first-order valence-electron chi connectivity index (χ1n) is 8.68. The molecule has 0 radical (unpaired) electrons. The third kappa shape index (κ3) is 4.48. The van der Waals surface area contributed by atoms with Gasteiger partial charge >= 0.3 is 6.18 Å². The number of rotatable bonds is 4. The predicted molar refractivity (Wildman–Crippen MR) is 93.9 cm³/mol. The number of amides is 2. The van der Waals surface area contributed by atoms with E-state index in [1.165, 1.54) is 0 Å². The van der Waals surface area contributed by atoms with Crippen LogP contribution in [0.25, 0.3) is 0 Å². The Bertz CT molecular complexity index is 798. The maximum atomic E-state index is 12.9. The van der Waals surface area contributed by atoms with Gasteiger partial charge in [-0.1, -0.05) is 30.3 Å². The van der Waals surface area contributed by atoms with Crippen LogP contribution in [-0.4, -0.2) is 29.8 Å². The van der Waals surface area contributed by atoms with Crippen molar-refractivity contribution in [2.24, 2.45) is 0 Å². The van der Waals surface area contributed by atoms with E-state index >= 15 is 0 Å². The molecule has 0 unspecified atom stereocenters. The fourth-order valence-corrected chi connectivity index (χ4v) is 3.08. The van der Waals surface area contributed by atoms with Gasteiger partial charge in [-0.3, -0.25) is 9.59 Å². The summed E-state index contributed by atoms with van der Waals surface area (Å²) in [6, 6.07) is 11.9. The van der Waals surface area contributed by atoms with Crippen LogP contribution < -0.4 is 5.32 Å². The summed E-state index contributed by atoms with van der Waals surface area (Å²) in [6.07, 6.45) is -2.63. The minimum absolute atomic E-state index is 0.0677. The second kappa shape index (κ2) is 7.82. The molecule has 27 heavy (non-hydrogen) atoms. The van der Waals surface area contributed by atoms with Gasteiger partial charge in [-0.2, -0.15) is 13.2 Å². The summed E-state index contributed by atoms with van der Waals surface area (Å²) >= 11 is 0. The van der Waals surface area contributed by atoms with E-state index < -0.39 is 23.7 Å². The van der Waals surface area contributed by atoms with Gasteiger partial charge in [-0.05, 0) is 42.7 Å². The van der Waals surface area contributed by atoms with E-state index in [4.69, 9.17) is 0 Å². The van der Waals surface area contributed by atoms with Crippen LogP contribution in [-0.2, 0) is 11.0 Å². The number of benzene rings is 2. The topological polar surface area (TPSA) is 49.4 Å². The summed E-state index contributed by atoms with van der Waals surface area (Å²) in [4.78, 5) is 27.1. The van der Waals surface area contributed by atoms with Crippen LogP contribution in [0.2, 0.25) is 0 Å². The number of carbonyl (C=O) groups excluding carboxylic acids is 2. The molecule has 3 rings (SSSR count). The minimum Gasteiger partial charge on any atom is -0.341 e. The van der Waals surface area contributed by atoms with Gasteiger partial charge in [0.2, 0.25) is 5.91 Å². The standard InChI is InChI=1S/C20H19F3N2O2/c21-20(22,23)16-10-8-15(9-11-16)18(26)24-17(14-6-2-1-3-7-14)19(27)25-12-4-5-13-25/h1-3,6-11,17H,4-5,12-13H2,(H,24,26)/t17-/m0/s1. The lowest BCUT2D eigenvalue weighted by molar-refractivity contribution is -0.137. The molecular formula is C20H19F3N2O2. The van der Waals surface area contributed by atoms with Gasteiger partial charge in [0.05, 0.1) is 5.56 Å². The molecule has 1 aliphatic heterocycles. The van der Waals surface area contributed by atoms with Gasteiger partial charge in [-0.25, -0.2) is 0 Å². The molecule has 1 heterocycles. The first-order chi connectivity index (χ1) is 12.9. The van der Waals surface area contributed by atoms with E-state index in [1.54, 1.807) is 35.2 Å². The number of nitrogens with zero attached hydrogens (tertiary/aromatic N) is 1. The lowest BCUT2D eigenvalue weighted by Crippen LogP contribution is -2.41. The van der Waals surface area contributed by atoms with Crippen molar-refractivity contribution in [3.05, 3.63) is 71.3 Å². The molecule has 4 nitrogen and oxygen atoms in total. The van der Waals surface area contributed by atoms with Crippen LogP contribution in [0.4, 0.5) is 13.2 Å². The van der Waals surface area contributed by atoms with Gasteiger partial charge in [-0.15, -0.1) is 0 Å². The number of nitrogens with one attached hydrogen (secondary N) is 1.